The van der Waals surface area contributed by atoms with Crippen LogP contribution >= 0.6 is 0 Å². The summed E-state index contributed by atoms with van der Waals surface area (Å²) in [5.74, 6) is 1.88. The second-order valence-corrected chi connectivity index (χ2v) is 4.27. The summed E-state index contributed by atoms with van der Waals surface area (Å²) in [5, 5.41) is 16.4. The minimum atomic E-state index is -0.882. The first-order valence-electron chi connectivity index (χ1n) is 6.29. The van der Waals surface area contributed by atoms with E-state index < -0.39 is 16.9 Å². The molecule has 1 atom stereocenters. The van der Waals surface area contributed by atoms with Crippen LogP contribution in [0.2, 0.25) is 0 Å². The van der Waals surface area contributed by atoms with E-state index in [1.807, 2.05) is 0 Å². The van der Waals surface area contributed by atoms with Gasteiger partial charge in [-0.2, -0.15) is 0 Å². The van der Waals surface area contributed by atoms with Crippen LogP contribution in [0.3, 0.4) is 0 Å². The van der Waals surface area contributed by atoms with Crippen LogP contribution in [0.1, 0.15) is 12.5 Å². The maximum atomic E-state index is 11.6. The Hall–Kier alpha value is -2.59. The number of nitrogens with zero attached hydrogens (tertiary/aromatic N) is 1. The standard InChI is InChI=1S/C14H17N3O4/c1-4-7-16-14(18)10(2)21-13-6-5-11(9-15-3)8-12(13)17(19)20/h1,5-6,8,10,15H,7,9H2,2-3H3,(H,16,18). The maximum absolute atomic E-state index is 11.6. The van der Waals surface area contributed by atoms with Gasteiger partial charge in [-0.3, -0.25) is 14.9 Å². The fraction of sp³-hybridized carbons (Fsp3) is 0.357. The maximum Gasteiger partial charge on any atom is 0.311 e. The Morgan fingerprint density at radius 1 is 1.57 bits per heavy atom. The van der Waals surface area contributed by atoms with Crippen LogP contribution in [0.15, 0.2) is 18.2 Å². The molecule has 0 saturated carbocycles. The summed E-state index contributed by atoms with van der Waals surface area (Å²) in [6, 6.07) is 4.60. The number of benzene rings is 1. The first kappa shape index (κ1) is 16.5. The number of hydrogen-bond acceptors (Lipinski definition) is 5. The lowest BCUT2D eigenvalue weighted by atomic mass is 10.2. The highest BCUT2D eigenvalue weighted by molar-refractivity contribution is 5.81. The number of terminal acetylenes is 1. The van der Waals surface area contributed by atoms with E-state index in [2.05, 4.69) is 16.6 Å². The normalized spacial score (nSPS) is 11.3. The Kier molecular flexibility index (Phi) is 6.17. The van der Waals surface area contributed by atoms with Gasteiger partial charge in [0.2, 0.25) is 0 Å². The molecule has 0 saturated heterocycles. The number of ether oxygens (including phenoxy) is 1. The van der Waals surface area contributed by atoms with Gasteiger partial charge in [-0.15, -0.1) is 6.42 Å². The lowest BCUT2D eigenvalue weighted by molar-refractivity contribution is -0.386. The van der Waals surface area contributed by atoms with Crippen molar-refractivity contribution < 1.29 is 14.5 Å². The Morgan fingerprint density at radius 3 is 2.86 bits per heavy atom. The average Bonchev–Trinajstić information content (AvgIpc) is 2.46. The molecule has 0 radical (unpaired) electrons. The summed E-state index contributed by atoms with van der Waals surface area (Å²) in [4.78, 5) is 22.2. The zero-order valence-electron chi connectivity index (χ0n) is 11.9. The summed E-state index contributed by atoms with van der Waals surface area (Å²) in [7, 11) is 1.74. The summed E-state index contributed by atoms with van der Waals surface area (Å²) in [6.07, 6.45) is 4.16. The Bertz CT molecular complexity index is 566. The van der Waals surface area contributed by atoms with Crippen LogP contribution in [0.5, 0.6) is 5.75 Å². The zero-order valence-corrected chi connectivity index (χ0v) is 11.9. The number of nitro groups is 1. The van der Waals surface area contributed by atoms with Gasteiger partial charge in [0.25, 0.3) is 5.91 Å². The van der Waals surface area contributed by atoms with Crippen molar-refractivity contribution in [2.24, 2.45) is 0 Å². The highest BCUT2D eigenvalue weighted by Gasteiger charge is 2.21. The van der Waals surface area contributed by atoms with Crippen molar-refractivity contribution in [2.75, 3.05) is 13.6 Å². The van der Waals surface area contributed by atoms with Crippen molar-refractivity contribution in [3.8, 4) is 18.1 Å². The van der Waals surface area contributed by atoms with E-state index in [1.54, 1.807) is 13.1 Å². The zero-order chi connectivity index (χ0) is 15.8. The molecule has 0 aromatic heterocycles. The van der Waals surface area contributed by atoms with Crippen LogP contribution in [0.4, 0.5) is 5.69 Å². The van der Waals surface area contributed by atoms with Gasteiger partial charge in [0, 0.05) is 12.6 Å². The van der Waals surface area contributed by atoms with E-state index in [1.165, 1.54) is 19.1 Å². The molecule has 0 spiro atoms. The third-order valence-electron chi connectivity index (χ3n) is 2.64. The highest BCUT2D eigenvalue weighted by atomic mass is 16.6. The molecule has 0 aliphatic carbocycles. The number of nitro benzene ring substituents is 1. The predicted molar refractivity (Wildman–Crippen MR) is 77.8 cm³/mol. The topological polar surface area (TPSA) is 93.5 Å². The van der Waals surface area contributed by atoms with Crippen molar-refractivity contribution in [3.63, 3.8) is 0 Å². The molecule has 7 heteroatoms. The van der Waals surface area contributed by atoms with E-state index in [9.17, 15) is 14.9 Å². The van der Waals surface area contributed by atoms with Gasteiger partial charge in [0.15, 0.2) is 11.9 Å². The molecule has 1 amide bonds. The monoisotopic (exact) mass is 291 g/mol. The van der Waals surface area contributed by atoms with Gasteiger partial charge in [0.05, 0.1) is 11.5 Å². The molecule has 0 aliphatic rings. The summed E-state index contributed by atoms with van der Waals surface area (Å²) < 4.78 is 5.36. The quantitative estimate of drug-likeness (QED) is 0.441. The number of rotatable bonds is 7. The number of nitrogens with one attached hydrogen (secondary N) is 2. The van der Waals surface area contributed by atoms with Gasteiger partial charge >= 0.3 is 5.69 Å². The second kappa shape index (κ2) is 7.87. The first-order valence-corrected chi connectivity index (χ1v) is 6.29. The molecular weight excluding hydrogens is 274 g/mol. The summed E-state index contributed by atoms with van der Waals surface area (Å²) in [5.41, 5.74) is 0.570. The van der Waals surface area contributed by atoms with E-state index >= 15 is 0 Å². The molecule has 1 unspecified atom stereocenters. The first-order chi connectivity index (χ1) is 9.99. The van der Waals surface area contributed by atoms with E-state index in [0.29, 0.717) is 6.54 Å². The molecule has 0 fully saturated rings. The molecule has 7 nitrogen and oxygen atoms in total. The molecule has 0 aliphatic heterocycles. The molecule has 0 bridgehead atoms. The molecule has 112 valence electrons. The van der Waals surface area contributed by atoms with E-state index in [0.717, 1.165) is 5.56 Å². The largest absolute Gasteiger partial charge is 0.474 e. The average molecular weight is 291 g/mol. The van der Waals surface area contributed by atoms with Crippen LogP contribution in [0, 0.1) is 22.5 Å². The number of carbonyl (C=O) groups is 1. The van der Waals surface area contributed by atoms with Crippen molar-refractivity contribution in [2.45, 2.75) is 19.6 Å². The van der Waals surface area contributed by atoms with Gasteiger partial charge in [-0.1, -0.05) is 12.0 Å². The van der Waals surface area contributed by atoms with Gasteiger partial charge in [-0.25, -0.2) is 0 Å². The van der Waals surface area contributed by atoms with Crippen LogP contribution < -0.4 is 15.4 Å². The predicted octanol–water partition coefficient (Wildman–Crippen LogP) is 0.831. The third-order valence-corrected chi connectivity index (χ3v) is 2.64. The number of hydrogen-bond donors (Lipinski definition) is 2. The fourth-order valence-corrected chi connectivity index (χ4v) is 1.65. The van der Waals surface area contributed by atoms with Crippen LogP contribution in [-0.4, -0.2) is 30.5 Å². The minimum absolute atomic E-state index is 0.0446. The molecule has 1 rings (SSSR count). The second-order valence-electron chi connectivity index (χ2n) is 4.27. The van der Waals surface area contributed by atoms with Crippen molar-refractivity contribution in [1.82, 2.24) is 10.6 Å². The number of carbonyl (C=O) groups excluding carboxylic acids is 1. The van der Waals surface area contributed by atoms with Crippen LogP contribution in [0.25, 0.3) is 0 Å². The Morgan fingerprint density at radius 2 is 2.29 bits per heavy atom. The highest BCUT2D eigenvalue weighted by Crippen LogP contribution is 2.28. The number of amides is 1. The summed E-state index contributed by atoms with van der Waals surface area (Å²) >= 11 is 0. The van der Waals surface area contributed by atoms with Gasteiger partial charge in [0.1, 0.15) is 0 Å². The minimum Gasteiger partial charge on any atom is -0.474 e. The fourth-order valence-electron chi connectivity index (χ4n) is 1.65. The Balaban J connectivity index is 2.89. The molecular formula is C14H17N3O4. The molecule has 21 heavy (non-hydrogen) atoms. The van der Waals surface area contributed by atoms with E-state index in [-0.39, 0.29) is 18.0 Å². The lowest BCUT2D eigenvalue weighted by Crippen LogP contribution is -2.36. The van der Waals surface area contributed by atoms with Gasteiger partial charge in [-0.05, 0) is 25.6 Å². The lowest BCUT2D eigenvalue weighted by Gasteiger charge is -2.14. The van der Waals surface area contributed by atoms with Gasteiger partial charge < -0.3 is 15.4 Å². The SMILES string of the molecule is C#CCNC(=O)C(C)Oc1ccc(CNC)cc1[N+](=O)[O-]. The molecule has 0 heterocycles. The molecule has 1 aromatic rings. The third kappa shape index (κ3) is 4.78. The van der Waals surface area contributed by atoms with Crippen molar-refractivity contribution >= 4 is 11.6 Å². The smallest absolute Gasteiger partial charge is 0.311 e. The molecule has 1 aromatic carbocycles. The summed E-state index contributed by atoms with van der Waals surface area (Å²) in [6.45, 7) is 2.08. The van der Waals surface area contributed by atoms with Crippen LogP contribution in [-0.2, 0) is 11.3 Å². The van der Waals surface area contributed by atoms with Crippen molar-refractivity contribution in [3.05, 3.63) is 33.9 Å². The Labute approximate surface area is 122 Å². The van der Waals surface area contributed by atoms with Crippen molar-refractivity contribution in [1.29, 1.82) is 0 Å². The molecule has 2 N–H and O–H groups in total. The van der Waals surface area contributed by atoms with E-state index in [4.69, 9.17) is 11.2 Å².